The maximum Gasteiger partial charge on any atom is 0.159 e. The fourth-order valence-corrected chi connectivity index (χ4v) is 0.969. The van der Waals surface area contributed by atoms with Crippen LogP contribution < -0.4 is 5.73 Å². The van der Waals surface area contributed by atoms with E-state index in [1.54, 1.807) is 0 Å². The molecule has 0 saturated heterocycles. The molecular formula is C9H8F2NO. The van der Waals surface area contributed by atoms with Crippen LogP contribution in [0.15, 0.2) is 18.2 Å². The molecule has 0 amide bonds. The zero-order valence-corrected chi connectivity index (χ0v) is 6.76. The van der Waals surface area contributed by atoms with Crippen LogP contribution in [0.25, 0.3) is 0 Å². The van der Waals surface area contributed by atoms with E-state index in [0.717, 1.165) is 12.1 Å². The van der Waals surface area contributed by atoms with Crippen molar-refractivity contribution in [1.82, 2.24) is 5.73 Å². The van der Waals surface area contributed by atoms with E-state index in [0.29, 0.717) is 11.8 Å². The second-order valence-electron chi connectivity index (χ2n) is 2.70. The Labute approximate surface area is 74.4 Å². The van der Waals surface area contributed by atoms with E-state index in [1.807, 2.05) is 0 Å². The standard InChI is InChI=1S/C9H8F2NO/c10-8-2-1-6(4-9(8)11)3-7(12)5-13/h1-2,4-5,7,12H,3H2. The molecule has 0 aromatic heterocycles. The van der Waals surface area contributed by atoms with Crippen LogP contribution in [0.1, 0.15) is 5.56 Å². The van der Waals surface area contributed by atoms with Crippen molar-refractivity contribution >= 4 is 6.29 Å². The van der Waals surface area contributed by atoms with Crippen molar-refractivity contribution in [2.45, 2.75) is 12.5 Å². The number of nitrogens with one attached hydrogen (secondary N) is 1. The van der Waals surface area contributed by atoms with Crippen molar-refractivity contribution in [1.29, 1.82) is 0 Å². The Morgan fingerprint density at radius 2 is 2.08 bits per heavy atom. The van der Waals surface area contributed by atoms with Crippen LogP contribution in [0.3, 0.4) is 0 Å². The van der Waals surface area contributed by atoms with Gasteiger partial charge in [0.1, 0.15) is 6.29 Å². The molecule has 69 valence electrons. The topological polar surface area (TPSA) is 40.9 Å². The molecule has 13 heavy (non-hydrogen) atoms. The van der Waals surface area contributed by atoms with E-state index >= 15 is 0 Å². The normalized spacial score (nSPS) is 12.5. The van der Waals surface area contributed by atoms with Crippen LogP contribution in [0.2, 0.25) is 0 Å². The monoisotopic (exact) mass is 184 g/mol. The van der Waals surface area contributed by atoms with E-state index in [4.69, 9.17) is 5.73 Å². The van der Waals surface area contributed by atoms with Crippen molar-refractivity contribution in [3.05, 3.63) is 35.4 Å². The van der Waals surface area contributed by atoms with E-state index in [-0.39, 0.29) is 6.42 Å². The summed E-state index contributed by atoms with van der Waals surface area (Å²) in [6.45, 7) is 0. The van der Waals surface area contributed by atoms with Crippen LogP contribution in [0.4, 0.5) is 8.78 Å². The number of rotatable bonds is 3. The second-order valence-corrected chi connectivity index (χ2v) is 2.70. The SMILES string of the molecule is [NH]C(C=O)Cc1ccc(F)c(F)c1. The van der Waals surface area contributed by atoms with Gasteiger partial charge in [0.2, 0.25) is 0 Å². The number of hydrogen-bond donors (Lipinski definition) is 0. The molecule has 0 aliphatic rings. The zero-order valence-electron chi connectivity index (χ0n) is 6.76. The molecule has 0 saturated carbocycles. The first-order valence-corrected chi connectivity index (χ1v) is 3.74. The fraction of sp³-hybridized carbons (Fsp3) is 0.222. The van der Waals surface area contributed by atoms with Gasteiger partial charge in [-0.15, -0.1) is 0 Å². The van der Waals surface area contributed by atoms with Gasteiger partial charge in [-0.2, -0.15) is 0 Å². The highest BCUT2D eigenvalue weighted by molar-refractivity contribution is 5.57. The average Bonchev–Trinajstić information content (AvgIpc) is 2.11. The smallest absolute Gasteiger partial charge is 0.159 e. The van der Waals surface area contributed by atoms with Crippen LogP contribution in [0.5, 0.6) is 0 Å². The van der Waals surface area contributed by atoms with Crippen LogP contribution in [-0.4, -0.2) is 12.3 Å². The van der Waals surface area contributed by atoms with E-state index in [1.165, 1.54) is 6.07 Å². The molecule has 0 aliphatic heterocycles. The van der Waals surface area contributed by atoms with Crippen molar-refractivity contribution in [3.63, 3.8) is 0 Å². The molecule has 0 fully saturated rings. The number of carbonyl (C=O) groups is 1. The van der Waals surface area contributed by atoms with Gasteiger partial charge in [0.15, 0.2) is 11.6 Å². The van der Waals surface area contributed by atoms with Crippen LogP contribution >= 0.6 is 0 Å². The van der Waals surface area contributed by atoms with E-state index < -0.39 is 17.7 Å². The second kappa shape index (κ2) is 4.09. The minimum absolute atomic E-state index is 0.112. The molecular weight excluding hydrogens is 176 g/mol. The Balaban J connectivity index is 2.79. The Morgan fingerprint density at radius 1 is 1.38 bits per heavy atom. The Morgan fingerprint density at radius 3 is 2.62 bits per heavy atom. The van der Waals surface area contributed by atoms with Crippen molar-refractivity contribution in [2.24, 2.45) is 0 Å². The van der Waals surface area contributed by atoms with Crippen molar-refractivity contribution < 1.29 is 13.6 Å². The number of aldehydes is 1. The van der Waals surface area contributed by atoms with Gasteiger partial charge in [-0.1, -0.05) is 6.07 Å². The third kappa shape index (κ3) is 2.59. The summed E-state index contributed by atoms with van der Waals surface area (Å²) >= 11 is 0. The van der Waals surface area contributed by atoms with E-state index in [9.17, 15) is 13.6 Å². The van der Waals surface area contributed by atoms with Gasteiger partial charge < -0.3 is 4.79 Å². The lowest BCUT2D eigenvalue weighted by Crippen LogP contribution is -2.13. The fourth-order valence-electron chi connectivity index (χ4n) is 0.969. The van der Waals surface area contributed by atoms with Gasteiger partial charge in [0.05, 0.1) is 6.04 Å². The predicted octanol–water partition coefficient (Wildman–Crippen LogP) is 1.36. The molecule has 0 aliphatic carbocycles. The van der Waals surface area contributed by atoms with Crippen molar-refractivity contribution in [2.75, 3.05) is 0 Å². The van der Waals surface area contributed by atoms with Crippen molar-refractivity contribution in [3.8, 4) is 0 Å². The summed E-state index contributed by atoms with van der Waals surface area (Å²) in [6.07, 6.45) is 0.571. The minimum atomic E-state index is -0.949. The average molecular weight is 184 g/mol. The Hall–Kier alpha value is -1.29. The number of hydrogen-bond acceptors (Lipinski definition) is 1. The molecule has 1 aromatic rings. The first-order chi connectivity index (χ1) is 6.13. The molecule has 4 heteroatoms. The molecule has 0 bridgehead atoms. The largest absolute Gasteiger partial charge is 0.302 e. The maximum absolute atomic E-state index is 12.6. The first-order valence-electron chi connectivity index (χ1n) is 3.74. The number of halogens is 2. The maximum atomic E-state index is 12.6. The highest BCUT2D eigenvalue weighted by atomic mass is 19.2. The predicted molar refractivity (Wildman–Crippen MR) is 43.0 cm³/mol. The van der Waals surface area contributed by atoms with Gasteiger partial charge in [0, 0.05) is 0 Å². The minimum Gasteiger partial charge on any atom is -0.302 e. The lowest BCUT2D eigenvalue weighted by atomic mass is 10.1. The van der Waals surface area contributed by atoms with E-state index in [2.05, 4.69) is 0 Å². The first kappa shape index (κ1) is 9.80. The summed E-state index contributed by atoms with van der Waals surface area (Å²) < 4.78 is 25.0. The molecule has 1 N–H and O–H groups in total. The molecule has 1 aromatic carbocycles. The molecule has 1 unspecified atom stereocenters. The molecule has 1 rings (SSSR count). The summed E-state index contributed by atoms with van der Waals surface area (Å²) in [7, 11) is 0. The van der Waals surface area contributed by atoms with Crippen LogP contribution in [-0.2, 0) is 11.2 Å². The van der Waals surface area contributed by atoms with Gasteiger partial charge in [-0.05, 0) is 24.1 Å². The highest BCUT2D eigenvalue weighted by Gasteiger charge is 2.06. The molecule has 2 nitrogen and oxygen atoms in total. The summed E-state index contributed by atoms with van der Waals surface area (Å²) in [5.74, 6) is -1.87. The van der Waals surface area contributed by atoms with Gasteiger partial charge in [0.25, 0.3) is 0 Å². The third-order valence-electron chi connectivity index (χ3n) is 1.60. The number of benzene rings is 1. The van der Waals surface area contributed by atoms with Gasteiger partial charge >= 0.3 is 0 Å². The van der Waals surface area contributed by atoms with Gasteiger partial charge in [-0.25, -0.2) is 14.5 Å². The summed E-state index contributed by atoms with van der Waals surface area (Å²) in [4.78, 5) is 10.1. The summed E-state index contributed by atoms with van der Waals surface area (Å²) in [5, 5.41) is 0. The number of carbonyl (C=O) groups excluding carboxylic acids is 1. The quantitative estimate of drug-likeness (QED) is 0.654. The summed E-state index contributed by atoms with van der Waals surface area (Å²) in [5.41, 5.74) is 7.55. The highest BCUT2D eigenvalue weighted by Crippen LogP contribution is 2.09. The zero-order chi connectivity index (χ0) is 9.84. The van der Waals surface area contributed by atoms with Gasteiger partial charge in [-0.3, -0.25) is 0 Å². The molecule has 0 spiro atoms. The van der Waals surface area contributed by atoms with Crippen LogP contribution in [0, 0.1) is 11.6 Å². The lowest BCUT2D eigenvalue weighted by Gasteiger charge is -2.03. The Bertz CT molecular complexity index is 314. The lowest BCUT2D eigenvalue weighted by molar-refractivity contribution is -0.109. The molecule has 1 atom stereocenters. The summed E-state index contributed by atoms with van der Waals surface area (Å²) in [6, 6.07) is 2.44. The molecule has 1 radical (unpaired) electrons. The third-order valence-corrected chi connectivity index (χ3v) is 1.60. The molecule has 0 heterocycles. The Kier molecular flexibility index (Phi) is 3.08.